The van der Waals surface area contributed by atoms with Crippen molar-refractivity contribution in [2.45, 2.75) is 0 Å². The van der Waals surface area contributed by atoms with E-state index in [4.69, 9.17) is 0 Å². The van der Waals surface area contributed by atoms with Crippen molar-refractivity contribution in [3.8, 4) is 0 Å². The van der Waals surface area contributed by atoms with E-state index < -0.39 is 23.4 Å². The first-order valence-electron chi connectivity index (χ1n) is 4.10. The lowest BCUT2D eigenvalue weighted by atomic mass is 10.2. The molecule has 0 unspecified atom stereocenters. The first-order chi connectivity index (χ1) is 7.08. The summed E-state index contributed by atoms with van der Waals surface area (Å²) >= 11 is 0. The van der Waals surface area contributed by atoms with E-state index >= 15 is 0 Å². The highest BCUT2D eigenvalue weighted by Crippen LogP contribution is 2.21. The second-order valence-electron chi connectivity index (χ2n) is 2.97. The quantitative estimate of drug-likeness (QED) is 0.655. The molecule has 15 heavy (non-hydrogen) atoms. The molecule has 2 rings (SSSR count). The summed E-state index contributed by atoms with van der Waals surface area (Å²) in [5.74, 6) is -2.88. The van der Waals surface area contributed by atoms with E-state index in [0.29, 0.717) is 11.0 Å². The van der Waals surface area contributed by atoms with Crippen LogP contribution in [0.4, 0.5) is 14.5 Å². The Bertz CT molecular complexity index is 444. The van der Waals surface area contributed by atoms with Gasteiger partial charge in [-0.1, -0.05) is 0 Å². The molecule has 1 aliphatic heterocycles. The van der Waals surface area contributed by atoms with Gasteiger partial charge in [-0.2, -0.15) is 0 Å². The van der Waals surface area contributed by atoms with Crippen molar-refractivity contribution in [3.05, 3.63) is 42.0 Å². The zero-order valence-corrected chi connectivity index (χ0v) is 7.41. The van der Waals surface area contributed by atoms with Crippen LogP contribution in [0.5, 0.6) is 0 Å². The van der Waals surface area contributed by atoms with Gasteiger partial charge in [0.2, 0.25) is 0 Å². The maximum absolute atomic E-state index is 12.8. The van der Waals surface area contributed by atoms with Gasteiger partial charge < -0.3 is 0 Å². The summed E-state index contributed by atoms with van der Waals surface area (Å²) in [7, 11) is 0. The van der Waals surface area contributed by atoms with Gasteiger partial charge in [-0.15, -0.1) is 0 Å². The first kappa shape index (κ1) is 9.51. The van der Waals surface area contributed by atoms with Crippen molar-refractivity contribution in [2.24, 2.45) is 0 Å². The van der Waals surface area contributed by atoms with Crippen molar-refractivity contribution in [1.29, 1.82) is 0 Å². The van der Waals surface area contributed by atoms with E-state index in [1.807, 2.05) is 0 Å². The molecule has 3 nitrogen and oxygen atoms in total. The van der Waals surface area contributed by atoms with E-state index in [9.17, 15) is 18.4 Å². The van der Waals surface area contributed by atoms with Gasteiger partial charge >= 0.3 is 0 Å². The van der Waals surface area contributed by atoms with Crippen LogP contribution in [0.1, 0.15) is 0 Å². The lowest BCUT2D eigenvalue weighted by Gasteiger charge is -2.13. The molecule has 5 heteroatoms. The fourth-order valence-corrected chi connectivity index (χ4v) is 1.32. The van der Waals surface area contributed by atoms with Crippen LogP contribution in [0.2, 0.25) is 0 Å². The maximum Gasteiger partial charge on any atom is 0.258 e. The molecule has 0 atom stereocenters. The van der Waals surface area contributed by atoms with Gasteiger partial charge in [0, 0.05) is 18.2 Å². The van der Waals surface area contributed by atoms with Crippen LogP contribution in [0.3, 0.4) is 0 Å². The van der Waals surface area contributed by atoms with Crippen molar-refractivity contribution in [1.82, 2.24) is 0 Å². The molecule has 1 aliphatic rings. The van der Waals surface area contributed by atoms with E-state index in [-0.39, 0.29) is 5.69 Å². The smallest absolute Gasteiger partial charge is 0.258 e. The van der Waals surface area contributed by atoms with E-state index in [1.165, 1.54) is 0 Å². The van der Waals surface area contributed by atoms with Gasteiger partial charge in [0.25, 0.3) is 11.8 Å². The third-order valence-electron chi connectivity index (χ3n) is 1.91. The minimum Gasteiger partial charge on any atom is -0.269 e. The number of rotatable bonds is 1. The molecule has 0 saturated heterocycles. The Hall–Kier alpha value is -2.04. The highest BCUT2D eigenvalue weighted by Gasteiger charge is 2.25. The molecule has 0 fully saturated rings. The summed E-state index contributed by atoms with van der Waals surface area (Å²) in [6.45, 7) is 0. The van der Waals surface area contributed by atoms with Gasteiger partial charge in [-0.25, -0.2) is 13.7 Å². The molecule has 0 N–H and O–H groups in total. The number of amides is 2. The zero-order chi connectivity index (χ0) is 11.0. The number of carbonyl (C=O) groups excluding carboxylic acids is 2. The SMILES string of the molecule is O=C1C=CC(=O)N1c1cc(F)cc(F)c1. The standard InChI is InChI=1S/C10H5F2NO2/c11-6-3-7(12)5-8(4-6)13-9(14)1-2-10(13)15/h1-5H. The van der Waals surface area contributed by atoms with E-state index in [1.54, 1.807) is 0 Å². The molecule has 0 aliphatic carbocycles. The third kappa shape index (κ3) is 1.63. The molecule has 0 spiro atoms. The monoisotopic (exact) mass is 209 g/mol. The van der Waals surface area contributed by atoms with Crippen LogP contribution in [-0.2, 0) is 9.59 Å². The van der Waals surface area contributed by atoms with Crippen molar-refractivity contribution in [2.75, 3.05) is 4.90 Å². The maximum atomic E-state index is 12.8. The Morgan fingerprint density at radius 3 is 1.80 bits per heavy atom. The van der Waals surface area contributed by atoms with E-state index in [2.05, 4.69) is 0 Å². The average Bonchev–Trinajstić information content (AvgIpc) is 2.44. The van der Waals surface area contributed by atoms with Crippen LogP contribution in [0, 0.1) is 11.6 Å². The van der Waals surface area contributed by atoms with E-state index in [0.717, 1.165) is 24.3 Å². The van der Waals surface area contributed by atoms with Crippen LogP contribution >= 0.6 is 0 Å². The number of hydrogen-bond acceptors (Lipinski definition) is 2. The van der Waals surface area contributed by atoms with Gasteiger partial charge in [-0.05, 0) is 12.1 Å². The van der Waals surface area contributed by atoms with Gasteiger partial charge in [-0.3, -0.25) is 9.59 Å². The van der Waals surface area contributed by atoms with Crippen molar-refractivity contribution in [3.63, 3.8) is 0 Å². The van der Waals surface area contributed by atoms with Gasteiger partial charge in [0.1, 0.15) is 11.6 Å². The lowest BCUT2D eigenvalue weighted by molar-refractivity contribution is -0.119. The lowest BCUT2D eigenvalue weighted by Crippen LogP contribution is -2.29. The minimum atomic E-state index is -0.836. The number of nitrogens with zero attached hydrogens (tertiary/aromatic N) is 1. The Morgan fingerprint density at radius 2 is 1.33 bits per heavy atom. The molecule has 1 heterocycles. The molecule has 0 saturated carbocycles. The predicted molar refractivity (Wildman–Crippen MR) is 48.0 cm³/mol. The molecular formula is C10H5F2NO2. The Balaban J connectivity index is 2.46. The summed E-state index contributed by atoms with van der Waals surface area (Å²) in [6, 6.07) is 2.51. The van der Waals surface area contributed by atoms with Gasteiger partial charge in [0.05, 0.1) is 5.69 Å². The number of benzene rings is 1. The normalized spacial score (nSPS) is 15.2. The predicted octanol–water partition coefficient (Wildman–Crippen LogP) is 1.39. The highest BCUT2D eigenvalue weighted by molar-refractivity contribution is 6.28. The first-order valence-corrected chi connectivity index (χ1v) is 4.10. The Morgan fingerprint density at radius 1 is 0.867 bits per heavy atom. The Kier molecular flexibility index (Phi) is 2.07. The molecular weight excluding hydrogens is 204 g/mol. The van der Waals surface area contributed by atoms with Crippen molar-refractivity contribution >= 4 is 17.5 Å². The van der Waals surface area contributed by atoms with Crippen LogP contribution in [0.25, 0.3) is 0 Å². The average molecular weight is 209 g/mol. The van der Waals surface area contributed by atoms with Crippen LogP contribution in [0.15, 0.2) is 30.4 Å². The topological polar surface area (TPSA) is 37.4 Å². The molecule has 2 amide bonds. The van der Waals surface area contributed by atoms with Gasteiger partial charge in [0.15, 0.2) is 0 Å². The number of anilines is 1. The molecule has 0 radical (unpaired) electrons. The molecule has 76 valence electrons. The molecule has 0 aromatic heterocycles. The zero-order valence-electron chi connectivity index (χ0n) is 7.41. The second-order valence-corrected chi connectivity index (χ2v) is 2.97. The minimum absolute atomic E-state index is 0.104. The summed E-state index contributed by atoms with van der Waals surface area (Å²) in [4.78, 5) is 23.1. The molecule has 1 aromatic carbocycles. The fourth-order valence-electron chi connectivity index (χ4n) is 1.32. The summed E-state index contributed by atoms with van der Waals surface area (Å²) in [5, 5.41) is 0. The summed E-state index contributed by atoms with van der Waals surface area (Å²) < 4.78 is 25.7. The van der Waals surface area contributed by atoms with Crippen LogP contribution < -0.4 is 4.90 Å². The largest absolute Gasteiger partial charge is 0.269 e. The number of halogens is 2. The highest BCUT2D eigenvalue weighted by atomic mass is 19.1. The number of carbonyl (C=O) groups is 2. The fraction of sp³-hybridized carbons (Fsp3) is 0. The van der Waals surface area contributed by atoms with Crippen molar-refractivity contribution < 1.29 is 18.4 Å². The summed E-state index contributed by atoms with van der Waals surface area (Å²) in [6.07, 6.45) is 2.09. The Labute approximate surface area is 83.6 Å². The third-order valence-corrected chi connectivity index (χ3v) is 1.91. The molecule has 0 bridgehead atoms. The number of imide groups is 1. The van der Waals surface area contributed by atoms with Crippen LogP contribution in [-0.4, -0.2) is 11.8 Å². The second kappa shape index (κ2) is 3.27. The molecule has 1 aromatic rings. The number of hydrogen-bond donors (Lipinski definition) is 0. The summed E-state index contributed by atoms with van der Waals surface area (Å²) in [5.41, 5.74) is -0.104.